The zero-order chi connectivity index (χ0) is 15.9. The monoisotopic (exact) mass is 295 g/mol. The molecule has 0 radical (unpaired) electrons. The molecule has 0 spiro atoms. The highest BCUT2D eigenvalue weighted by atomic mass is 16.5. The van der Waals surface area contributed by atoms with Crippen LogP contribution in [0.5, 0.6) is 0 Å². The van der Waals surface area contributed by atoms with Gasteiger partial charge in [0.2, 0.25) is 5.78 Å². The summed E-state index contributed by atoms with van der Waals surface area (Å²) < 4.78 is 5.29. The Morgan fingerprint density at radius 1 is 0.864 bits per heavy atom. The summed E-state index contributed by atoms with van der Waals surface area (Å²) in [5, 5.41) is 0. The molecule has 2 rings (SSSR count). The van der Waals surface area contributed by atoms with Crippen LogP contribution in [0.2, 0.25) is 0 Å². The van der Waals surface area contributed by atoms with Crippen LogP contribution in [0.4, 0.5) is 0 Å². The van der Waals surface area contributed by atoms with E-state index in [0.29, 0.717) is 11.1 Å². The number of hydrogen-bond acceptors (Lipinski definition) is 4. The van der Waals surface area contributed by atoms with Crippen LogP contribution in [-0.2, 0) is 4.74 Å². The molecule has 0 N–H and O–H groups in total. The molecule has 0 unspecified atom stereocenters. The van der Waals surface area contributed by atoms with E-state index in [4.69, 9.17) is 4.74 Å². The van der Waals surface area contributed by atoms with Crippen molar-refractivity contribution in [3.05, 3.63) is 83.7 Å². The number of nitrogens with zero attached hydrogens (tertiary/aromatic N) is 1. The zero-order valence-electron chi connectivity index (χ0n) is 12.5. The van der Waals surface area contributed by atoms with Crippen LogP contribution < -0.4 is 0 Å². The molecule has 22 heavy (non-hydrogen) atoms. The minimum Gasteiger partial charge on any atom is -0.417 e. The largest absolute Gasteiger partial charge is 0.417 e. The van der Waals surface area contributed by atoms with Crippen molar-refractivity contribution >= 4 is 11.8 Å². The van der Waals surface area contributed by atoms with Crippen LogP contribution >= 0.6 is 0 Å². The molecule has 4 heteroatoms. The van der Waals surface area contributed by atoms with Gasteiger partial charge in [-0.15, -0.1) is 0 Å². The van der Waals surface area contributed by atoms with Crippen LogP contribution in [0, 0.1) is 0 Å². The van der Waals surface area contributed by atoms with E-state index in [1.807, 2.05) is 12.1 Å². The standard InChI is InChI=1S/C18H17NO3/c1-19(2)13-16(17(20)14-9-5-3-6-10-14)22-18(21)15-11-7-4-8-12-15/h3-13H,1-2H3/b16-13-. The van der Waals surface area contributed by atoms with Gasteiger partial charge in [-0.2, -0.15) is 0 Å². The topological polar surface area (TPSA) is 46.6 Å². The SMILES string of the molecule is CN(C)/C=C(\OC(=O)c1ccccc1)C(=O)c1ccccc1. The number of carbonyl (C=O) groups excluding carboxylic acids is 2. The van der Waals surface area contributed by atoms with Gasteiger partial charge in [0.05, 0.1) is 5.56 Å². The van der Waals surface area contributed by atoms with Crippen molar-refractivity contribution in [3.8, 4) is 0 Å². The first-order valence-electron chi connectivity index (χ1n) is 6.83. The number of ether oxygens (including phenoxy) is 1. The summed E-state index contributed by atoms with van der Waals surface area (Å²) in [7, 11) is 3.52. The van der Waals surface area contributed by atoms with Crippen LogP contribution in [0.25, 0.3) is 0 Å². The Bertz CT molecular complexity index is 676. The molecule has 0 aromatic heterocycles. The summed E-state index contributed by atoms with van der Waals surface area (Å²) in [4.78, 5) is 26.3. The van der Waals surface area contributed by atoms with Gasteiger partial charge >= 0.3 is 5.97 Å². The second-order valence-corrected chi connectivity index (χ2v) is 4.91. The van der Waals surface area contributed by atoms with E-state index in [0.717, 1.165) is 0 Å². The normalized spacial score (nSPS) is 10.9. The first-order chi connectivity index (χ1) is 10.6. The van der Waals surface area contributed by atoms with E-state index in [9.17, 15) is 9.59 Å². The second-order valence-electron chi connectivity index (χ2n) is 4.91. The number of Topliss-reactive ketones (excluding diaryl/α,β-unsaturated/α-hetero) is 1. The van der Waals surface area contributed by atoms with Crippen LogP contribution in [0.3, 0.4) is 0 Å². The summed E-state index contributed by atoms with van der Waals surface area (Å²) in [6.07, 6.45) is 1.50. The van der Waals surface area contributed by atoms with Gasteiger partial charge in [0, 0.05) is 25.9 Å². The van der Waals surface area contributed by atoms with Crippen molar-refractivity contribution in [1.29, 1.82) is 0 Å². The molecule has 0 amide bonds. The molecule has 0 fully saturated rings. The fourth-order valence-corrected chi connectivity index (χ4v) is 1.83. The lowest BCUT2D eigenvalue weighted by molar-refractivity contribution is 0.0583. The van der Waals surface area contributed by atoms with Crippen molar-refractivity contribution in [3.63, 3.8) is 0 Å². The van der Waals surface area contributed by atoms with Crippen molar-refractivity contribution in [1.82, 2.24) is 4.90 Å². The molecule has 0 heterocycles. The highest BCUT2D eigenvalue weighted by Gasteiger charge is 2.18. The summed E-state index contributed by atoms with van der Waals surface area (Å²) in [6, 6.07) is 17.3. The van der Waals surface area contributed by atoms with E-state index < -0.39 is 5.97 Å². The second kappa shape index (κ2) is 7.22. The van der Waals surface area contributed by atoms with Crippen molar-refractivity contribution < 1.29 is 14.3 Å². The lowest BCUT2D eigenvalue weighted by atomic mass is 10.1. The van der Waals surface area contributed by atoms with Crippen molar-refractivity contribution in [2.24, 2.45) is 0 Å². The highest BCUT2D eigenvalue weighted by molar-refractivity contribution is 6.09. The third kappa shape index (κ3) is 4.06. The number of hydrogen-bond donors (Lipinski definition) is 0. The molecule has 0 aliphatic carbocycles. The Morgan fingerprint density at radius 2 is 1.36 bits per heavy atom. The first kappa shape index (κ1) is 15.5. The van der Waals surface area contributed by atoms with Gasteiger partial charge in [-0.05, 0) is 12.1 Å². The fraction of sp³-hybridized carbons (Fsp3) is 0.111. The molecule has 0 atom stereocenters. The molecule has 4 nitrogen and oxygen atoms in total. The molecule has 112 valence electrons. The van der Waals surface area contributed by atoms with Crippen LogP contribution in [0.15, 0.2) is 72.6 Å². The maximum atomic E-state index is 12.5. The first-order valence-corrected chi connectivity index (χ1v) is 6.83. The van der Waals surface area contributed by atoms with Gasteiger partial charge in [-0.3, -0.25) is 4.79 Å². The lowest BCUT2D eigenvalue weighted by Gasteiger charge is -2.12. The lowest BCUT2D eigenvalue weighted by Crippen LogP contribution is -2.16. The van der Waals surface area contributed by atoms with Gasteiger partial charge in [0.25, 0.3) is 0 Å². The Hall–Kier alpha value is -2.88. The minimum atomic E-state index is -0.557. The maximum Gasteiger partial charge on any atom is 0.343 e. The number of allylic oxidation sites excluding steroid dienone is 1. The molecule has 0 saturated heterocycles. The zero-order valence-corrected chi connectivity index (χ0v) is 12.5. The van der Waals surface area contributed by atoms with Gasteiger partial charge < -0.3 is 9.64 Å². The average molecular weight is 295 g/mol. The number of carbonyl (C=O) groups is 2. The molecule has 0 saturated carbocycles. The third-order valence-corrected chi connectivity index (χ3v) is 2.85. The summed E-state index contributed by atoms with van der Waals surface area (Å²) in [5.74, 6) is -0.901. The number of rotatable bonds is 5. The van der Waals surface area contributed by atoms with Gasteiger partial charge in [0.15, 0.2) is 5.76 Å². The molecular formula is C18H17NO3. The molecule has 0 aliphatic rings. The van der Waals surface area contributed by atoms with Gasteiger partial charge in [-0.1, -0.05) is 48.5 Å². The predicted molar refractivity (Wildman–Crippen MR) is 84.4 cm³/mol. The van der Waals surface area contributed by atoms with Gasteiger partial charge in [-0.25, -0.2) is 4.79 Å². The van der Waals surface area contributed by atoms with Crippen molar-refractivity contribution in [2.45, 2.75) is 0 Å². The average Bonchev–Trinajstić information content (AvgIpc) is 2.54. The minimum absolute atomic E-state index is 0.00921. The smallest absolute Gasteiger partial charge is 0.343 e. The summed E-state index contributed by atoms with van der Waals surface area (Å²) in [5.41, 5.74) is 0.865. The number of esters is 1. The quantitative estimate of drug-likeness (QED) is 0.368. The molecule has 2 aromatic carbocycles. The van der Waals surface area contributed by atoms with E-state index in [1.54, 1.807) is 67.5 Å². The van der Waals surface area contributed by atoms with Crippen LogP contribution in [-0.4, -0.2) is 30.7 Å². The Labute approximate surface area is 129 Å². The van der Waals surface area contributed by atoms with Gasteiger partial charge in [0.1, 0.15) is 0 Å². The third-order valence-electron chi connectivity index (χ3n) is 2.85. The van der Waals surface area contributed by atoms with E-state index in [2.05, 4.69) is 0 Å². The predicted octanol–water partition coefficient (Wildman–Crippen LogP) is 3.13. The molecular weight excluding hydrogens is 278 g/mol. The van der Waals surface area contributed by atoms with Crippen molar-refractivity contribution in [2.75, 3.05) is 14.1 Å². The molecule has 2 aromatic rings. The Morgan fingerprint density at radius 3 is 1.86 bits per heavy atom. The fourth-order valence-electron chi connectivity index (χ4n) is 1.83. The number of ketones is 1. The summed E-state index contributed by atoms with van der Waals surface area (Å²) in [6.45, 7) is 0. The maximum absolute atomic E-state index is 12.5. The van der Waals surface area contributed by atoms with E-state index in [-0.39, 0.29) is 11.5 Å². The summed E-state index contributed by atoms with van der Waals surface area (Å²) >= 11 is 0. The highest BCUT2D eigenvalue weighted by Crippen LogP contribution is 2.13. The van der Waals surface area contributed by atoms with E-state index in [1.165, 1.54) is 6.20 Å². The van der Waals surface area contributed by atoms with E-state index >= 15 is 0 Å². The molecule has 0 bridgehead atoms. The Balaban J connectivity index is 2.25. The number of benzene rings is 2. The molecule has 0 aliphatic heterocycles. The van der Waals surface area contributed by atoms with Crippen LogP contribution in [0.1, 0.15) is 20.7 Å². The Kier molecular flexibility index (Phi) is 5.09.